The van der Waals surface area contributed by atoms with E-state index in [9.17, 15) is 9.59 Å². The van der Waals surface area contributed by atoms with E-state index < -0.39 is 11.5 Å². The molecule has 4 nitrogen and oxygen atoms in total. The maximum absolute atomic E-state index is 12.6. The lowest BCUT2D eigenvalue weighted by molar-refractivity contribution is 0.0930. The third kappa shape index (κ3) is 1.92. The summed E-state index contributed by atoms with van der Waals surface area (Å²) in [6.07, 6.45) is 0. The fourth-order valence-electron chi connectivity index (χ4n) is 2.57. The molecule has 0 spiro atoms. The van der Waals surface area contributed by atoms with E-state index in [2.05, 4.69) is 6.61 Å². The molecular formula is C18H10O4. The smallest absolute Gasteiger partial charge is 0.340 e. The highest BCUT2D eigenvalue weighted by atomic mass is 16.5. The van der Waals surface area contributed by atoms with Crippen LogP contribution in [0.2, 0.25) is 0 Å². The van der Waals surface area contributed by atoms with Crippen LogP contribution in [0.25, 0.3) is 11.0 Å². The molecule has 106 valence electrons. The molecule has 0 amide bonds. The van der Waals surface area contributed by atoms with Crippen molar-refractivity contribution >= 4 is 16.8 Å². The van der Waals surface area contributed by atoms with Crippen molar-refractivity contribution in [2.24, 2.45) is 0 Å². The summed E-state index contributed by atoms with van der Waals surface area (Å²) in [4.78, 5) is 24.8. The lowest BCUT2D eigenvalue weighted by Crippen LogP contribution is -2.26. The number of carbonyl (C=O) groups excluding carboxylic acids is 1. The van der Waals surface area contributed by atoms with Gasteiger partial charge in [0.2, 0.25) is 6.61 Å². The highest BCUT2D eigenvalue weighted by Gasteiger charge is 2.33. The van der Waals surface area contributed by atoms with Crippen molar-refractivity contribution in [3.05, 3.63) is 82.8 Å². The summed E-state index contributed by atoms with van der Waals surface area (Å²) < 4.78 is 10.7. The number of hydrogen-bond donors (Lipinski definition) is 0. The minimum atomic E-state index is -0.879. The molecule has 1 aliphatic heterocycles. The Morgan fingerprint density at radius 1 is 0.955 bits per heavy atom. The molecule has 2 aromatic carbocycles. The summed E-state index contributed by atoms with van der Waals surface area (Å²) in [5.74, 6) is -0.644. The van der Waals surface area contributed by atoms with Gasteiger partial charge in [0.25, 0.3) is 0 Å². The van der Waals surface area contributed by atoms with E-state index in [-0.39, 0.29) is 11.3 Å². The van der Waals surface area contributed by atoms with Crippen LogP contribution in [0.1, 0.15) is 21.8 Å². The van der Waals surface area contributed by atoms with E-state index in [1.54, 1.807) is 42.5 Å². The summed E-state index contributed by atoms with van der Waals surface area (Å²) in [6.45, 7) is 2.64. The maximum Gasteiger partial charge on any atom is 0.340 e. The van der Waals surface area contributed by atoms with Gasteiger partial charge in [0.05, 0.1) is 11.1 Å². The Labute approximate surface area is 126 Å². The topological polar surface area (TPSA) is 56.5 Å². The molecule has 4 rings (SSSR count). The highest BCUT2D eigenvalue weighted by Crippen LogP contribution is 2.34. The van der Waals surface area contributed by atoms with Gasteiger partial charge in [0.1, 0.15) is 17.3 Å². The Balaban J connectivity index is 1.85. The van der Waals surface area contributed by atoms with E-state index >= 15 is 0 Å². The maximum atomic E-state index is 12.6. The lowest BCUT2D eigenvalue weighted by Gasteiger charge is -2.21. The molecule has 0 bridgehead atoms. The standard InChI is InChI=1S/C18H10O4/c19-17-12-6-2-4-8-16(12)21-10-14(17)13-9-11-5-1-3-7-15(11)22-18(13)20/h1-9,14H. The van der Waals surface area contributed by atoms with E-state index in [1.165, 1.54) is 0 Å². The first-order valence-electron chi connectivity index (χ1n) is 6.82. The average Bonchev–Trinajstić information content (AvgIpc) is 2.55. The number of ether oxygens (including phenoxy) is 1. The first-order chi connectivity index (χ1) is 10.7. The molecule has 1 aromatic heterocycles. The van der Waals surface area contributed by atoms with Crippen LogP contribution in [-0.4, -0.2) is 5.78 Å². The van der Waals surface area contributed by atoms with Gasteiger partial charge in [-0.2, -0.15) is 0 Å². The second-order valence-corrected chi connectivity index (χ2v) is 5.04. The van der Waals surface area contributed by atoms with Gasteiger partial charge >= 0.3 is 5.63 Å². The number of hydrogen-bond acceptors (Lipinski definition) is 4. The molecule has 0 saturated heterocycles. The number of ketones is 1. The van der Waals surface area contributed by atoms with Crippen LogP contribution in [-0.2, 0) is 0 Å². The molecule has 2 heterocycles. The summed E-state index contributed by atoms with van der Waals surface area (Å²) >= 11 is 0. The molecule has 2 radical (unpaired) electrons. The molecular weight excluding hydrogens is 280 g/mol. The number of fused-ring (bicyclic) bond motifs is 2. The Kier molecular flexibility index (Phi) is 2.82. The molecule has 1 atom stereocenters. The average molecular weight is 290 g/mol. The molecule has 1 aliphatic rings. The third-order valence-electron chi connectivity index (χ3n) is 3.68. The van der Waals surface area contributed by atoms with Crippen molar-refractivity contribution in [3.63, 3.8) is 0 Å². The van der Waals surface area contributed by atoms with Crippen molar-refractivity contribution in [1.29, 1.82) is 0 Å². The number of carbonyl (C=O) groups is 1. The van der Waals surface area contributed by atoms with E-state index in [4.69, 9.17) is 9.15 Å². The van der Waals surface area contributed by atoms with Gasteiger partial charge in [-0.1, -0.05) is 30.3 Å². The Bertz CT molecular complexity index is 939. The predicted octanol–water partition coefficient (Wildman–Crippen LogP) is 3.19. The zero-order chi connectivity index (χ0) is 15.1. The van der Waals surface area contributed by atoms with E-state index in [0.717, 1.165) is 5.39 Å². The molecule has 22 heavy (non-hydrogen) atoms. The zero-order valence-electron chi connectivity index (χ0n) is 11.4. The van der Waals surface area contributed by atoms with Crippen LogP contribution in [0.3, 0.4) is 0 Å². The van der Waals surface area contributed by atoms with Gasteiger partial charge < -0.3 is 9.15 Å². The molecule has 4 heteroatoms. The summed E-state index contributed by atoms with van der Waals surface area (Å²) in [6, 6.07) is 15.7. The van der Waals surface area contributed by atoms with Gasteiger partial charge in [-0.25, -0.2) is 4.79 Å². The summed E-state index contributed by atoms with van der Waals surface area (Å²) in [5, 5.41) is 0.755. The monoisotopic (exact) mass is 290 g/mol. The number of para-hydroxylation sites is 2. The van der Waals surface area contributed by atoms with Crippen molar-refractivity contribution in [3.8, 4) is 5.75 Å². The molecule has 0 fully saturated rings. The molecule has 0 N–H and O–H groups in total. The first-order valence-corrected chi connectivity index (χ1v) is 6.82. The van der Waals surface area contributed by atoms with Gasteiger partial charge in [-0.15, -0.1) is 0 Å². The van der Waals surface area contributed by atoms with Gasteiger partial charge in [0, 0.05) is 5.39 Å². The quantitative estimate of drug-likeness (QED) is 0.646. The second-order valence-electron chi connectivity index (χ2n) is 5.04. The van der Waals surface area contributed by atoms with Crippen LogP contribution in [0.5, 0.6) is 5.75 Å². The summed E-state index contributed by atoms with van der Waals surface area (Å²) in [7, 11) is 0. The fraction of sp³-hybridized carbons (Fsp3) is 0.0556. The fourth-order valence-corrected chi connectivity index (χ4v) is 2.57. The van der Waals surface area contributed by atoms with Crippen LogP contribution >= 0.6 is 0 Å². The molecule has 0 saturated carbocycles. The minimum Gasteiger partial charge on any atom is -0.476 e. The van der Waals surface area contributed by atoms with Crippen molar-refractivity contribution in [2.45, 2.75) is 5.92 Å². The van der Waals surface area contributed by atoms with Crippen molar-refractivity contribution in [2.75, 3.05) is 0 Å². The number of Topliss-reactive ketones (excluding diaryl/α,β-unsaturated/α-hetero) is 1. The second kappa shape index (κ2) is 4.84. The third-order valence-corrected chi connectivity index (χ3v) is 3.68. The van der Waals surface area contributed by atoms with Crippen molar-refractivity contribution < 1.29 is 13.9 Å². The Morgan fingerprint density at radius 2 is 1.73 bits per heavy atom. The minimum absolute atomic E-state index is 0.218. The zero-order valence-corrected chi connectivity index (χ0v) is 11.4. The number of rotatable bonds is 1. The van der Waals surface area contributed by atoms with E-state index in [1.807, 2.05) is 12.1 Å². The van der Waals surface area contributed by atoms with Crippen LogP contribution in [0.4, 0.5) is 0 Å². The van der Waals surface area contributed by atoms with Crippen molar-refractivity contribution in [1.82, 2.24) is 0 Å². The molecule has 1 unspecified atom stereocenters. The predicted molar refractivity (Wildman–Crippen MR) is 79.9 cm³/mol. The van der Waals surface area contributed by atoms with Gasteiger partial charge in [0.15, 0.2) is 5.78 Å². The van der Waals surface area contributed by atoms with Crippen LogP contribution < -0.4 is 10.4 Å². The van der Waals surface area contributed by atoms with Gasteiger partial charge in [-0.05, 0) is 24.3 Å². The Morgan fingerprint density at radius 3 is 2.64 bits per heavy atom. The first kappa shape index (κ1) is 12.8. The van der Waals surface area contributed by atoms with Gasteiger partial charge in [-0.3, -0.25) is 4.79 Å². The largest absolute Gasteiger partial charge is 0.476 e. The highest BCUT2D eigenvalue weighted by molar-refractivity contribution is 6.05. The Hall–Kier alpha value is -2.88. The van der Waals surface area contributed by atoms with Crippen LogP contribution in [0, 0.1) is 6.61 Å². The van der Waals surface area contributed by atoms with Crippen LogP contribution in [0.15, 0.2) is 63.8 Å². The SMILES string of the molecule is O=C1c2ccccc2O[C]C1c1cc2ccccc2oc1=O. The summed E-state index contributed by atoms with van der Waals surface area (Å²) in [5.41, 5.74) is 0.616. The van der Waals surface area contributed by atoms with E-state index in [0.29, 0.717) is 16.9 Å². The molecule has 3 aromatic rings. The molecule has 0 aliphatic carbocycles. The lowest BCUT2D eigenvalue weighted by atomic mass is 9.89. The number of benzene rings is 2. The normalized spacial score (nSPS) is 17.1.